The number of halogens is 1. The zero-order chi connectivity index (χ0) is 13.0. The van der Waals surface area contributed by atoms with Crippen LogP contribution in [0, 0.1) is 5.92 Å². The molecule has 0 amide bonds. The molecule has 3 heteroatoms. The van der Waals surface area contributed by atoms with Gasteiger partial charge in [0.1, 0.15) is 0 Å². The fraction of sp³-hybridized carbons (Fsp3) is 0.600. The maximum atomic E-state index is 3.60. The van der Waals surface area contributed by atoms with Gasteiger partial charge in [-0.15, -0.1) is 0 Å². The summed E-state index contributed by atoms with van der Waals surface area (Å²) in [6.45, 7) is 8.88. The Morgan fingerprint density at radius 2 is 2.28 bits per heavy atom. The summed E-state index contributed by atoms with van der Waals surface area (Å²) in [5, 5.41) is 3.43. The standard InChI is InChI=1S/C15H23BrN2/c1-3-17-10-13-6-7-14(16)9-15(13)18-8-4-5-12(2)11-18/h6-7,9,12,17H,3-5,8,10-11H2,1-2H3. The molecule has 0 spiro atoms. The number of hydrogen-bond donors (Lipinski definition) is 1. The minimum absolute atomic E-state index is 0.810. The predicted octanol–water partition coefficient (Wildman–Crippen LogP) is 3.79. The van der Waals surface area contributed by atoms with Crippen molar-refractivity contribution in [2.24, 2.45) is 5.92 Å². The Morgan fingerprint density at radius 3 is 3.00 bits per heavy atom. The first-order valence-corrected chi connectivity index (χ1v) is 7.74. The van der Waals surface area contributed by atoms with Gasteiger partial charge in [-0.1, -0.05) is 35.8 Å². The Labute approximate surface area is 119 Å². The second-order valence-electron chi connectivity index (χ2n) is 5.25. The number of benzene rings is 1. The van der Waals surface area contributed by atoms with Crippen molar-refractivity contribution >= 4 is 21.6 Å². The zero-order valence-electron chi connectivity index (χ0n) is 11.4. The summed E-state index contributed by atoms with van der Waals surface area (Å²) >= 11 is 3.60. The van der Waals surface area contributed by atoms with Crippen molar-refractivity contribution in [3.05, 3.63) is 28.2 Å². The van der Waals surface area contributed by atoms with Crippen LogP contribution in [0.15, 0.2) is 22.7 Å². The fourth-order valence-corrected chi connectivity index (χ4v) is 3.00. The van der Waals surface area contributed by atoms with E-state index >= 15 is 0 Å². The van der Waals surface area contributed by atoms with Gasteiger partial charge in [0.2, 0.25) is 0 Å². The normalized spacial score (nSPS) is 20.2. The number of nitrogens with zero attached hydrogens (tertiary/aromatic N) is 1. The zero-order valence-corrected chi connectivity index (χ0v) is 13.0. The van der Waals surface area contributed by atoms with Gasteiger partial charge in [0.25, 0.3) is 0 Å². The Kier molecular flexibility index (Phi) is 5.07. The Bertz CT molecular complexity index is 392. The molecule has 0 radical (unpaired) electrons. The highest BCUT2D eigenvalue weighted by Crippen LogP contribution is 2.29. The second kappa shape index (κ2) is 6.58. The minimum atomic E-state index is 0.810. The molecule has 1 atom stereocenters. The summed E-state index contributed by atoms with van der Waals surface area (Å²) in [5.74, 6) is 0.810. The Morgan fingerprint density at radius 1 is 1.44 bits per heavy atom. The highest BCUT2D eigenvalue weighted by atomic mass is 79.9. The molecule has 2 rings (SSSR count). The fourth-order valence-electron chi connectivity index (χ4n) is 2.65. The third-order valence-electron chi connectivity index (χ3n) is 3.61. The van der Waals surface area contributed by atoms with Crippen LogP contribution in [0.1, 0.15) is 32.3 Å². The lowest BCUT2D eigenvalue weighted by molar-refractivity contribution is 0.446. The Hall–Kier alpha value is -0.540. The van der Waals surface area contributed by atoms with Gasteiger partial charge in [0, 0.05) is 29.8 Å². The van der Waals surface area contributed by atoms with Crippen LogP contribution in [0.5, 0.6) is 0 Å². The maximum Gasteiger partial charge on any atom is 0.0423 e. The molecule has 1 unspecified atom stereocenters. The van der Waals surface area contributed by atoms with Crippen molar-refractivity contribution in [1.29, 1.82) is 0 Å². The number of anilines is 1. The van der Waals surface area contributed by atoms with Crippen LogP contribution in [0.25, 0.3) is 0 Å². The summed E-state index contributed by atoms with van der Waals surface area (Å²) < 4.78 is 1.18. The van der Waals surface area contributed by atoms with Gasteiger partial charge in [-0.25, -0.2) is 0 Å². The first-order chi connectivity index (χ1) is 8.70. The average molecular weight is 311 g/mol. The van der Waals surface area contributed by atoms with Crippen molar-refractivity contribution in [2.75, 3.05) is 24.5 Å². The molecule has 1 fully saturated rings. The smallest absolute Gasteiger partial charge is 0.0423 e. The summed E-state index contributed by atoms with van der Waals surface area (Å²) in [6.07, 6.45) is 2.68. The van der Waals surface area contributed by atoms with Gasteiger partial charge in [0.05, 0.1) is 0 Å². The first kappa shape index (κ1) is 13.9. The van der Waals surface area contributed by atoms with E-state index in [2.05, 4.69) is 58.2 Å². The van der Waals surface area contributed by atoms with Crippen molar-refractivity contribution in [1.82, 2.24) is 5.32 Å². The van der Waals surface area contributed by atoms with Crippen LogP contribution in [0.2, 0.25) is 0 Å². The maximum absolute atomic E-state index is 3.60. The molecule has 1 aliphatic rings. The molecule has 1 saturated heterocycles. The number of hydrogen-bond acceptors (Lipinski definition) is 2. The molecule has 1 aromatic rings. The molecule has 18 heavy (non-hydrogen) atoms. The van der Waals surface area contributed by atoms with E-state index in [0.717, 1.165) is 19.0 Å². The second-order valence-corrected chi connectivity index (χ2v) is 6.16. The highest BCUT2D eigenvalue weighted by Gasteiger charge is 2.18. The molecule has 1 N–H and O–H groups in total. The highest BCUT2D eigenvalue weighted by molar-refractivity contribution is 9.10. The molecule has 2 nitrogen and oxygen atoms in total. The Balaban J connectivity index is 2.20. The molecule has 0 aliphatic carbocycles. The van der Waals surface area contributed by atoms with Gasteiger partial charge in [0.15, 0.2) is 0 Å². The summed E-state index contributed by atoms with van der Waals surface area (Å²) in [5.41, 5.74) is 2.81. The summed E-state index contributed by atoms with van der Waals surface area (Å²) in [6, 6.07) is 6.65. The van der Waals surface area contributed by atoms with Crippen LogP contribution in [-0.2, 0) is 6.54 Å². The van der Waals surface area contributed by atoms with Crippen LogP contribution in [-0.4, -0.2) is 19.6 Å². The third-order valence-corrected chi connectivity index (χ3v) is 4.10. The van der Waals surface area contributed by atoms with Gasteiger partial charge in [-0.3, -0.25) is 0 Å². The van der Waals surface area contributed by atoms with E-state index in [1.807, 2.05) is 0 Å². The molecule has 1 aliphatic heterocycles. The summed E-state index contributed by atoms with van der Waals surface area (Å²) in [7, 11) is 0. The van der Waals surface area contributed by atoms with Gasteiger partial charge >= 0.3 is 0 Å². The van der Waals surface area contributed by atoms with E-state index in [1.54, 1.807) is 0 Å². The molecule has 1 heterocycles. The molecule has 0 bridgehead atoms. The number of rotatable bonds is 4. The largest absolute Gasteiger partial charge is 0.371 e. The number of nitrogens with one attached hydrogen (secondary N) is 1. The van der Waals surface area contributed by atoms with E-state index < -0.39 is 0 Å². The van der Waals surface area contributed by atoms with Crippen LogP contribution in [0.4, 0.5) is 5.69 Å². The molecule has 1 aromatic carbocycles. The topological polar surface area (TPSA) is 15.3 Å². The quantitative estimate of drug-likeness (QED) is 0.910. The van der Waals surface area contributed by atoms with Crippen molar-refractivity contribution in [3.63, 3.8) is 0 Å². The van der Waals surface area contributed by atoms with Gasteiger partial charge in [-0.05, 0) is 43.0 Å². The lowest BCUT2D eigenvalue weighted by Crippen LogP contribution is -2.35. The van der Waals surface area contributed by atoms with Crippen molar-refractivity contribution in [3.8, 4) is 0 Å². The van der Waals surface area contributed by atoms with E-state index in [0.29, 0.717) is 0 Å². The molecular weight excluding hydrogens is 288 g/mol. The van der Waals surface area contributed by atoms with E-state index in [1.165, 1.54) is 41.7 Å². The van der Waals surface area contributed by atoms with Gasteiger partial charge in [-0.2, -0.15) is 0 Å². The van der Waals surface area contributed by atoms with Crippen LogP contribution >= 0.6 is 15.9 Å². The van der Waals surface area contributed by atoms with E-state index in [-0.39, 0.29) is 0 Å². The van der Waals surface area contributed by atoms with Crippen LogP contribution < -0.4 is 10.2 Å². The van der Waals surface area contributed by atoms with E-state index in [9.17, 15) is 0 Å². The minimum Gasteiger partial charge on any atom is -0.371 e. The lowest BCUT2D eigenvalue weighted by atomic mass is 9.99. The van der Waals surface area contributed by atoms with Gasteiger partial charge < -0.3 is 10.2 Å². The first-order valence-electron chi connectivity index (χ1n) is 6.94. The van der Waals surface area contributed by atoms with Crippen LogP contribution in [0.3, 0.4) is 0 Å². The molecule has 0 aromatic heterocycles. The third kappa shape index (κ3) is 3.48. The van der Waals surface area contributed by atoms with E-state index in [4.69, 9.17) is 0 Å². The van der Waals surface area contributed by atoms with Crippen molar-refractivity contribution in [2.45, 2.75) is 33.2 Å². The predicted molar refractivity (Wildman–Crippen MR) is 82.1 cm³/mol. The van der Waals surface area contributed by atoms with Crippen molar-refractivity contribution < 1.29 is 0 Å². The summed E-state index contributed by atoms with van der Waals surface area (Å²) in [4.78, 5) is 2.55. The molecule has 0 saturated carbocycles. The lowest BCUT2D eigenvalue weighted by Gasteiger charge is -2.34. The molecule has 100 valence electrons. The molecular formula is C15H23BrN2. The monoisotopic (exact) mass is 310 g/mol. The SMILES string of the molecule is CCNCc1ccc(Br)cc1N1CCCC(C)C1. The number of piperidine rings is 1. The average Bonchev–Trinajstić information content (AvgIpc) is 2.37.